The third kappa shape index (κ3) is 5.00. The van der Waals surface area contributed by atoms with Crippen molar-refractivity contribution in [2.24, 2.45) is 0 Å². The molecule has 34 heavy (non-hydrogen) atoms. The Morgan fingerprint density at radius 3 is 2.71 bits per heavy atom. The van der Waals surface area contributed by atoms with Crippen molar-refractivity contribution in [3.8, 4) is 11.1 Å². The predicted molar refractivity (Wildman–Crippen MR) is 136 cm³/mol. The minimum Gasteiger partial charge on any atom is -0.321 e. The molecule has 0 radical (unpaired) electrons. The molecule has 5 rings (SSSR count). The van der Waals surface area contributed by atoms with E-state index in [0.29, 0.717) is 5.69 Å². The second-order valence-electron chi connectivity index (χ2n) is 9.29. The molecular formula is C27H30N6O. The smallest absolute Gasteiger partial charge is 0.276 e. The Kier molecular flexibility index (Phi) is 6.38. The first-order valence-electron chi connectivity index (χ1n) is 11.7. The molecule has 7 nitrogen and oxygen atoms in total. The van der Waals surface area contributed by atoms with Gasteiger partial charge in [0.25, 0.3) is 5.91 Å². The summed E-state index contributed by atoms with van der Waals surface area (Å²) in [7, 11) is 4.05. The van der Waals surface area contributed by atoms with Gasteiger partial charge in [0.15, 0.2) is 5.69 Å². The number of anilines is 1. The maximum atomic E-state index is 13.1. The van der Waals surface area contributed by atoms with Crippen LogP contribution in [0.25, 0.3) is 22.0 Å². The molecule has 1 aliphatic rings. The van der Waals surface area contributed by atoms with E-state index < -0.39 is 0 Å². The Morgan fingerprint density at radius 1 is 1.03 bits per heavy atom. The summed E-state index contributed by atoms with van der Waals surface area (Å²) in [5.74, 6) is -0.230. The summed E-state index contributed by atoms with van der Waals surface area (Å²) in [6.45, 7) is 4.04. The van der Waals surface area contributed by atoms with E-state index in [1.807, 2.05) is 62.9 Å². The van der Waals surface area contributed by atoms with Crippen LogP contribution in [0, 0.1) is 0 Å². The lowest BCUT2D eigenvalue weighted by Gasteiger charge is -2.14. The first-order valence-corrected chi connectivity index (χ1v) is 11.7. The number of pyridine rings is 1. The number of fused-ring (bicyclic) bond motifs is 1. The number of H-pyrrole nitrogens is 1. The van der Waals surface area contributed by atoms with E-state index in [1.165, 1.54) is 18.4 Å². The first-order chi connectivity index (χ1) is 16.5. The van der Waals surface area contributed by atoms with Gasteiger partial charge in [-0.25, -0.2) is 0 Å². The van der Waals surface area contributed by atoms with Crippen LogP contribution in [0.1, 0.15) is 34.5 Å². The van der Waals surface area contributed by atoms with E-state index >= 15 is 0 Å². The Hall–Kier alpha value is -3.55. The van der Waals surface area contributed by atoms with E-state index in [2.05, 4.69) is 42.4 Å². The topological polar surface area (TPSA) is 77.1 Å². The van der Waals surface area contributed by atoms with Gasteiger partial charge in [0, 0.05) is 42.1 Å². The maximum Gasteiger partial charge on any atom is 0.276 e. The van der Waals surface area contributed by atoms with Crippen LogP contribution in [-0.4, -0.2) is 58.1 Å². The summed E-state index contributed by atoms with van der Waals surface area (Å²) in [4.78, 5) is 22.1. The van der Waals surface area contributed by atoms with Crippen LogP contribution in [0.4, 0.5) is 5.69 Å². The van der Waals surface area contributed by atoms with Crippen molar-refractivity contribution >= 4 is 22.5 Å². The van der Waals surface area contributed by atoms with Gasteiger partial charge in [-0.05, 0) is 87.0 Å². The highest BCUT2D eigenvalue weighted by atomic mass is 16.1. The number of amides is 1. The van der Waals surface area contributed by atoms with Gasteiger partial charge >= 0.3 is 0 Å². The molecule has 0 spiro atoms. The number of carbonyl (C=O) groups is 1. The molecule has 174 valence electrons. The van der Waals surface area contributed by atoms with Gasteiger partial charge in [0.05, 0.1) is 5.52 Å². The lowest BCUT2D eigenvalue weighted by Crippen LogP contribution is -2.18. The lowest BCUT2D eigenvalue weighted by atomic mass is 10.0. The van der Waals surface area contributed by atoms with Crippen LogP contribution in [0.15, 0.2) is 60.9 Å². The van der Waals surface area contributed by atoms with Gasteiger partial charge in [0.1, 0.15) is 0 Å². The summed E-state index contributed by atoms with van der Waals surface area (Å²) in [6, 6.07) is 16.1. The second kappa shape index (κ2) is 9.75. The highest BCUT2D eigenvalue weighted by molar-refractivity contribution is 6.11. The van der Waals surface area contributed by atoms with Crippen LogP contribution in [0.2, 0.25) is 0 Å². The summed E-state index contributed by atoms with van der Waals surface area (Å²) in [6.07, 6.45) is 6.37. The van der Waals surface area contributed by atoms with Gasteiger partial charge in [-0.2, -0.15) is 5.10 Å². The zero-order valence-corrected chi connectivity index (χ0v) is 19.7. The van der Waals surface area contributed by atoms with Gasteiger partial charge in [-0.15, -0.1) is 0 Å². The second-order valence-corrected chi connectivity index (χ2v) is 9.29. The summed E-state index contributed by atoms with van der Waals surface area (Å²) >= 11 is 0. The third-order valence-corrected chi connectivity index (χ3v) is 6.19. The number of nitrogens with zero attached hydrogens (tertiary/aromatic N) is 4. The molecule has 7 heteroatoms. The van der Waals surface area contributed by atoms with Crippen LogP contribution in [0.3, 0.4) is 0 Å². The van der Waals surface area contributed by atoms with Gasteiger partial charge in [-0.1, -0.05) is 18.2 Å². The van der Waals surface area contributed by atoms with Gasteiger partial charge < -0.3 is 10.2 Å². The molecule has 4 aromatic rings. The van der Waals surface area contributed by atoms with E-state index in [0.717, 1.165) is 59.5 Å². The zero-order chi connectivity index (χ0) is 23.5. The predicted octanol–water partition coefficient (Wildman–Crippen LogP) is 4.53. The molecule has 0 atom stereocenters. The summed E-state index contributed by atoms with van der Waals surface area (Å²) in [5, 5.41) is 11.1. The molecule has 1 fully saturated rings. The van der Waals surface area contributed by atoms with Gasteiger partial charge in [0.2, 0.25) is 0 Å². The third-order valence-electron chi connectivity index (χ3n) is 6.19. The van der Waals surface area contributed by atoms with E-state index in [4.69, 9.17) is 0 Å². The largest absolute Gasteiger partial charge is 0.321 e. The van der Waals surface area contributed by atoms with Crippen molar-refractivity contribution in [2.75, 3.05) is 32.5 Å². The quantitative estimate of drug-likeness (QED) is 0.429. The number of aromatic amines is 1. The number of benzene rings is 2. The highest BCUT2D eigenvalue weighted by Crippen LogP contribution is 2.27. The molecule has 0 saturated carbocycles. The first kappa shape index (κ1) is 22.3. The van der Waals surface area contributed by atoms with Crippen molar-refractivity contribution in [2.45, 2.75) is 25.9 Å². The number of carbonyl (C=O) groups excluding carboxylic acids is 1. The minimum absolute atomic E-state index is 0.230. The fraction of sp³-hybridized carbons (Fsp3) is 0.296. The lowest BCUT2D eigenvalue weighted by molar-refractivity contribution is 0.102. The van der Waals surface area contributed by atoms with Crippen LogP contribution in [-0.2, 0) is 13.1 Å². The number of rotatable bonds is 7. The number of aromatic nitrogens is 3. The highest BCUT2D eigenvalue weighted by Gasteiger charge is 2.16. The number of hydrogen-bond acceptors (Lipinski definition) is 5. The Labute approximate surface area is 199 Å². The van der Waals surface area contributed by atoms with Crippen molar-refractivity contribution < 1.29 is 4.79 Å². The van der Waals surface area contributed by atoms with Crippen molar-refractivity contribution in [1.29, 1.82) is 0 Å². The van der Waals surface area contributed by atoms with Crippen molar-refractivity contribution in [3.63, 3.8) is 0 Å². The Morgan fingerprint density at radius 2 is 1.88 bits per heavy atom. The Balaban J connectivity index is 1.39. The normalized spacial score (nSPS) is 14.2. The number of likely N-dealkylation sites (tertiary alicyclic amines) is 1. The Bertz CT molecular complexity index is 1310. The molecule has 0 unspecified atom stereocenters. The average molecular weight is 455 g/mol. The molecule has 3 heterocycles. The average Bonchev–Trinajstić information content (AvgIpc) is 3.48. The number of hydrogen-bond donors (Lipinski definition) is 2. The molecule has 1 amide bonds. The van der Waals surface area contributed by atoms with Crippen molar-refractivity contribution in [1.82, 2.24) is 25.0 Å². The molecule has 2 aromatic carbocycles. The molecule has 0 aliphatic carbocycles. The molecule has 1 saturated heterocycles. The van der Waals surface area contributed by atoms with Crippen molar-refractivity contribution in [3.05, 3.63) is 77.7 Å². The standard InChI is InChI=1S/C27H30N6O/c1-32(2)17-19-6-5-7-23(13-19)29-27(34)26-24-14-21(8-9-25(24)30-31-26)22-12-20(15-28-16-22)18-33-10-3-4-11-33/h5-9,12-16H,3-4,10-11,17-18H2,1-2H3,(H,29,34)(H,30,31). The van der Waals surface area contributed by atoms with Crippen LogP contribution in [0.5, 0.6) is 0 Å². The summed E-state index contributed by atoms with van der Waals surface area (Å²) in [5.41, 5.74) is 6.39. The van der Waals surface area contributed by atoms with Crippen LogP contribution < -0.4 is 5.32 Å². The molecule has 1 aliphatic heterocycles. The van der Waals surface area contributed by atoms with E-state index in [-0.39, 0.29) is 5.91 Å². The number of nitrogens with one attached hydrogen (secondary N) is 2. The fourth-order valence-corrected chi connectivity index (χ4v) is 4.60. The summed E-state index contributed by atoms with van der Waals surface area (Å²) < 4.78 is 0. The molecular weight excluding hydrogens is 424 g/mol. The fourth-order valence-electron chi connectivity index (χ4n) is 4.60. The monoisotopic (exact) mass is 454 g/mol. The molecule has 2 aromatic heterocycles. The molecule has 2 N–H and O–H groups in total. The minimum atomic E-state index is -0.230. The zero-order valence-electron chi connectivity index (χ0n) is 19.7. The maximum absolute atomic E-state index is 13.1. The van der Waals surface area contributed by atoms with Crippen LogP contribution >= 0.6 is 0 Å². The van der Waals surface area contributed by atoms with Gasteiger partial charge in [-0.3, -0.25) is 19.8 Å². The van der Waals surface area contributed by atoms with E-state index in [1.54, 1.807) is 0 Å². The molecule has 0 bridgehead atoms. The van der Waals surface area contributed by atoms with E-state index in [9.17, 15) is 4.79 Å². The SMILES string of the molecule is CN(C)Cc1cccc(NC(=O)c2n[nH]c3ccc(-c4cncc(CN5CCCC5)c4)cc23)c1.